The van der Waals surface area contributed by atoms with Crippen LogP contribution in [0.4, 0.5) is 10.1 Å². The third-order valence-electron chi connectivity index (χ3n) is 4.04. The van der Waals surface area contributed by atoms with Crippen molar-refractivity contribution in [2.75, 3.05) is 11.9 Å². The van der Waals surface area contributed by atoms with Crippen molar-refractivity contribution in [3.05, 3.63) is 59.4 Å². The van der Waals surface area contributed by atoms with Crippen LogP contribution in [0, 0.1) is 5.82 Å². The molecular formula is C17H16ClFN2O3S. The minimum Gasteiger partial charge on any atom is -0.325 e. The molecule has 0 unspecified atom stereocenters. The molecule has 0 bridgehead atoms. The molecule has 3 rings (SSSR count). The van der Waals surface area contributed by atoms with Crippen LogP contribution in [0.2, 0.25) is 5.02 Å². The molecule has 0 aliphatic carbocycles. The molecule has 0 saturated carbocycles. The van der Waals surface area contributed by atoms with Gasteiger partial charge in [-0.25, -0.2) is 12.8 Å². The molecule has 2 aromatic rings. The first-order valence-electron chi connectivity index (χ1n) is 7.72. The first kappa shape index (κ1) is 17.8. The molecule has 0 spiro atoms. The molecule has 1 N–H and O–H groups in total. The van der Waals surface area contributed by atoms with Crippen LogP contribution in [0.5, 0.6) is 0 Å². The number of nitrogens with one attached hydrogen (secondary N) is 1. The average Bonchev–Trinajstić information content (AvgIpc) is 3.10. The number of hydrogen-bond acceptors (Lipinski definition) is 3. The van der Waals surface area contributed by atoms with E-state index in [2.05, 4.69) is 5.32 Å². The lowest BCUT2D eigenvalue weighted by Gasteiger charge is -2.23. The molecule has 0 aromatic heterocycles. The van der Waals surface area contributed by atoms with Gasteiger partial charge in [0, 0.05) is 12.2 Å². The number of hydrogen-bond donors (Lipinski definition) is 1. The summed E-state index contributed by atoms with van der Waals surface area (Å²) in [5.41, 5.74) is 0.320. The van der Waals surface area contributed by atoms with E-state index in [1.165, 1.54) is 28.6 Å². The van der Waals surface area contributed by atoms with E-state index in [9.17, 15) is 17.6 Å². The summed E-state index contributed by atoms with van der Waals surface area (Å²) < 4.78 is 40.0. The summed E-state index contributed by atoms with van der Waals surface area (Å²) in [5.74, 6) is -1.05. The molecule has 8 heteroatoms. The smallest absolute Gasteiger partial charge is 0.243 e. The second-order valence-corrected chi connectivity index (χ2v) is 8.00. The van der Waals surface area contributed by atoms with Crippen LogP contribution in [0.3, 0.4) is 0 Å². The van der Waals surface area contributed by atoms with Crippen LogP contribution < -0.4 is 5.32 Å². The molecule has 25 heavy (non-hydrogen) atoms. The molecule has 1 saturated heterocycles. The van der Waals surface area contributed by atoms with Crippen LogP contribution in [0.15, 0.2) is 53.4 Å². The van der Waals surface area contributed by atoms with Crippen molar-refractivity contribution < 1.29 is 17.6 Å². The van der Waals surface area contributed by atoms with Crippen LogP contribution in [0.25, 0.3) is 0 Å². The van der Waals surface area contributed by atoms with E-state index in [0.29, 0.717) is 18.5 Å². The van der Waals surface area contributed by atoms with E-state index in [1.807, 2.05) is 0 Å². The van der Waals surface area contributed by atoms with Gasteiger partial charge in [0.15, 0.2) is 0 Å². The molecule has 132 valence electrons. The highest BCUT2D eigenvalue weighted by atomic mass is 35.5. The molecule has 2 aromatic carbocycles. The van der Waals surface area contributed by atoms with Gasteiger partial charge in [-0.3, -0.25) is 4.79 Å². The summed E-state index contributed by atoms with van der Waals surface area (Å²) >= 11 is 5.71. The van der Waals surface area contributed by atoms with Crippen molar-refractivity contribution in [2.45, 2.75) is 23.8 Å². The zero-order chi connectivity index (χ0) is 18.0. The van der Waals surface area contributed by atoms with E-state index >= 15 is 0 Å². The number of benzene rings is 2. The molecule has 0 radical (unpaired) electrons. The maximum atomic E-state index is 13.2. The van der Waals surface area contributed by atoms with E-state index in [1.54, 1.807) is 18.2 Å². The van der Waals surface area contributed by atoms with Gasteiger partial charge in [0.05, 0.1) is 9.92 Å². The number of halogens is 2. The molecular weight excluding hydrogens is 367 g/mol. The van der Waals surface area contributed by atoms with Gasteiger partial charge in [0.2, 0.25) is 15.9 Å². The normalized spacial score (nSPS) is 18.2. The van der Waals surface area contributed by atoms with E-state index < -0.39 is 27.8 Å². The molecule has 1 aliphatic heterocycles. The lowest BCUT2D eigenvalue weighted by Crippen LogP contribution is -2.43. The number of amides is 1. The largest absolute Gasteiger partial charge is 0.325 e. The molecule has 1 amide bonds. The third kappa shape index (κ3) is 3.68. The fourth-order valence-electron chi connectivity index (χ4n) is 2.82. The number of carbonyl (C=O) groups is 1. The lowest BCUT2D eigenvalue weighted by atomic mass is 10.2. The number of sulfonamides is 1. The summed E-state index contributed by atoms with van der Waals surface area (Å²) in [6, 6.07) is 11.0. The zero-order valence-corrected chi connectivity index (χ0v) is 14.7. The summed E-state index contributed by atoms with van der Waals surface area (Å²) in [4.78, 5) is 12.7. The molecule has 1 atom stereocenters. The van der Waals surface area contributed by atoms with Crippen molar-refractivity contribution in [3.63, 3.8) is 0 Å². The number of nitrogens with zero attached hydrogens (tertiary/aromatic N) is 1. The van der Waals surface area contributed by atoms with Gasteiger partial charge in [0.25, 0.3) is 0 Å². The van der Waals surface area contributed by atoms with Crippen molar-refractivity contribution >= 4 is 33.2 Å². The maximum Gasteiger partial charge on any atom is 0.243 e. The Morgan fingerprint density at radius 1 is 1.20 bits per heavy atom. The molecule has 1 fully saturated rings. The Bertz CT molecular complexity index is 890. The van der Waals surface area contributed by atoms with Crippen molar-refractivity contribution in [1.82, 2.24) is 4.31 Å². The molecule has 5 nitrogen and oxygen atoms in total. The number of anilines is 1. The predicted molar refractivity (Wildman–Crippen MR) is 93.4 cm³/mol. The first-order valence-corrected chi connectivity index (χ1v) is 9.54. The second-order valence-electron chi connectivity index (χ2n) is 5.70. The Hall–Kier alpha value is -1.96. The predicted octanol–water partition coefficient (Wildman–Crippen LogP) is 3.27. The highest BCUT2D eigenvalue weighted by molar-refractivity contribution is 7.89. The topological polar surface area (TPSA) is 66.5 Å². The van der Waals surface area contributed by atoms with Gasteiger partial charge < -0.3 is 5.32 Å². The van der Waals surface area contributed by atoms with Crippen molar-refractivity contribution in [2.24, 2.45) is 0 Å². The summed E-state index contributed by atoms with van der Waals surface area (Å²) in [6.45, 7) is 0.277. The average molecular weight is 383 g/mol. The Kier molecular flexibility index (Phi) is 5.08. The SMILES string of the molecule is O=C(Nc1ccc(F)c(Cl)c1)[C@@H]1CCCN1S(=O)(=O)c1ccccc1. The van der Waals surface area contributed by atoms with Gasteiger partial charge in [-0.1, -0.05) is 29.8 Å². The monoisotopic (exact) mass is 382 g/mol. The summed E-state index contributed by atoms with van der Waals surface area (Å²) in [5, 5.41) is 2.50. The number of carbonyl (C=O) groups excluding carboxylic acids is 1. The Morgan fingerprint density at radius 2 is 1.92 bits per heavy atom. The second kappa shape index (κ2) is 7.11. The minimum atomic E-state index is -3.75. The Labute approximate surface area is 150 Å². The van der Waals surface area contributed by atoms with Gasteiger partial charge >= 0.3 is 0 Å². The van der Waals surface area contributed by atoms with Crippen molar-refractivity contribution in [1.29, 1.82) is 0 Å². The Balaban J connectivity index is 1.81. The third-order valence-corrected chi connectivity index (χ3v) is 6.26. The van der Waals surface area contributed by atoms with Gasteiger partial charge in [0.1, 0.15) is 11.9 Å². The highest BCUT2D eigenvalue weighted by Crippen LogP contribution is 2.27. The molecule has 1 heterocycles. The van der Waals surface area contributed by atoms with Gasteiger partial charge in [-0.15, -0.1) is 0 Å². The van der Waals surface area contributed by atoms with Crippen LogP contribution >= 0.6 is 11.6 Å². The summed E-state index contributed by atoms with van der Waals surface area (Å²) in [6.07, 6.45) is 1.02. The van der Waals surface area contributed by atoms with Crippen LogP contribution in [-0.2, 0) is 14.8 Å². The quantitative estimate of drug-likeness (QED) is 0.882. The van der Waals surface area contributed by atoms with Gasteiger partial charge in [-0.2, -0.15) is 4.31 Å². The minimum absolute atomic E-state index is 0.113. The first-order chi connectivity index (χ1) is 11.9. The standard InChI is InChI=1S/C17H16ClFN2O3S/c18-14-11-12(8-9-15(14)19)20-17(22)16-7-4-10-21(16)25(23,24)13-5-2-1-3-6-13/h1-3,5-6,8-9,11,16H,4,7,10H2,(H,20,22)/t16-/m0/s1. The fraction of sp³-hybridized carbons (Fsp3) is 0.235. The zero-order valence-electron chi connectivity index (χ0n) is 13.2. The van der Waals surface area contributed by atoms with Crippen molar-refractivity contribution in [3.8, 4) is 0 Å². The molecule has 1 aliphatic rings. The van der Waals surface area contributed by atoms with E-state index in [0.717, 1.165) is 6.07 Å². The van der Waals surface area contributed by atoms with E-state index in [-0.39, 0.29) is 16.5 Å². The lowest BCUT2D eigenvalue weighted by molar-refractivity contribution is -0.119. The van der Waals surface area contributed by atoms with Gasteiger partial charge in [-0.05, 0) is 43.2 Å². The Morgan fingerprint density at radius 3 is 2.60 bits per heavy atom. The fourth-order valence-corrected chi connectivity index (χ4v) is 4.68. The highest BCUT2D eigenvalue weighted by Gasteiger charge is 2.39. The summed E-state index contributed by atoms with van der Waals surface area (Å²) in [7, 11) is -3.75. The maximum absolute atomic E-state index is 13.2. The van der Waals surface area contributed by atoms with Crippen LogP contribution in [-0.4, -0.2) is 31.2 Å². The van der Waals surface area contributed by atoms with E-state index in [4.69, 9.17) is 11.6 Å². The number of rotatable bonds is 4. The van der Waals surface area contributed by atoms with Crippen LogP contribution in [0.1, 0.15) is 12.8 Å².